The molecule has 1 aliphatic carbocycles. The number of hydrogen-bond acceptors (Lipinski definition) is 4. The second-order valence-electron chi connectivity index (χ2n) is 8.97. The molecular formula is C22H33N3O2. The van der Waals surface area contributed by atoms with Gasteiger partial charge in [0.05, 0.1) is 6.10 Å². The molecular weight excluding hydrogens is 338 g/mol. The van der Waals surface area contributed by atoms with Crippen molar-refractivity contribution >= 4 is 5.91 Å². The van der Waals surface area contributed by atoms with Crippen molar-refractivity contribution in [2.24, 2.45) is 11.3 Å². The van der Waals surface area contributed by atoms with Crippen LogP contribution in [0.5, 0.6) is 0 Å². The minimum Gasteiger partial charge on any atom is -0.392 e. The SMILES string of the molecule is Cc1ncccc1CN1CC[C@@H](O)[C@]2(CCCN(C(=O)C3CCCC3)C2)C1. The lowest BCUT2D eigenvalue weighted by atomic mass is 9.71. The molecule has 5 heteroatoms. The van der Waals surface area contributed by atoms with Crippen LogP contribution in [-0.2, 0) is 11.3 Å². The number of carbonyl (C=O) groups excluding carboxylic acids is 1. The summed E-state index contributed by atoms with van der Waals surface area (Å²) >= 11 is 0. The van der Waals surface area contributed by atoms with Crippen molar-refractivity contribution in [2.45, 2.75) is 64.5 Å². The second kappa shape index (κ2) is 7.88. The lowest BCUT2D eigenvalue weighted by Gasteiger charge is -2.51. The maximum Gasteiger partial charge on any atom is 0.225 e. The molecule has 1 aromatic heterocycles. The van der Waals surface area contributed by atoms with E-state index in [9.17, 15) is 9.90 Å². The molecule has 1 aromatic rings. The second-order valence-corrected chi connectivity index (χ2v) is 8.97. The normalized spacial score (nSPS) is 30.1. The predicted octanol–water partition coefficient (Wildman–Crippen LogP) is 2.76. The largest absolute Gasteiger partial charge is 0.392 e. The number of aliphatic hydroxyl groups excluding tert-OH is 1. The van der Waals surface area contributed by atoms with Gasteiger partial charge in [0, 0.05) is 55.9 Å². The van der Waals surface area contributed by atoms with Crippen molar-refractivity contribution in [1.82, 2.24) is 14.8 Å². The van der Waals surface area contributed by atoms with E-state index in [1.54, 1.807) is 0 Å². The molecule has 0 unspecified atom stereocenters. The summed E-state index contributed by atoms with van der Waals surface area (Å²) in [5.41, 5.74) is 2.18. The first-order valence-corrected chi connectivity index (χ1v) is 10.7. The number of rotatable bonds is 3. The summed E-state index contributed by atoms with van der Waals surface area (Å²) in [5, 5.41) is 10.9. The van der Waals surface area contributed by atoms with Crippen LogP contribution in [0.25, 0.3) is 0 Å². The van der Waals surface area contributed by atoms with E-state index in [1.165, 1.54) is 18.4 Å². The van der Waals surface area contributed by atoms with Crippen LogP contribution >= 0.6 is 0 Å². The number of amides is 1. The number of piperidine rings is 2. The molecule has 0 bridgehead atoms. The summed E-state index contributed by atoms with van der Waals surface area (Å²) in [6, 6.07) is 4.15. The first-order valence-electron chi connectivity index (χ1n) is 10.7. The third-order valence-corrected chi connectivity index (χ3v) is 7.10. The molecule has 5 nitrogen and oxygen atoms in total. The lowest BCUT2D eigenvalue weighted by Crippen LogP contribution is -2.60. The van der Waals surface area contributed by atoms with Crippen LogP contribution in [0.2, 0.25) is 0 Å². The first kappa shape index (κ1) is 18.9. The zero-order chi connectivity index (χ0) is 18.9. The fraction of sp³-hybridized carbons (Fsp3) is 0.727. The summed E-state index contributed by atoms with van der Waals surface area (Å²) in [4.78, 5) is 21.9. The van der Waals surface area contributed by atoms with E-state index < -0.39 is 0 Å². The Morgan fingerprint density at radius 2 is 2.04 bits per heavy atom. The molecule has 0 radical (unpaired) electrons. The zero-order valence-corrected chi connectivity index (χ0v) is 16.6. The van der Waals surface area contributed by atoms with Gasteiger partial charge in [-0.2, -0.15) is 0 Å². The van der Waals surface area contributed by atoms with Crippen molar-refractivity contribution in [3.63, 3.8) is 0 Å². The number of nitrogens with zero attached hydrogens (tertiary/aromatic N) is 3. The zero-order valence-electron chi connectivity index (χ0n) is 16.6. The van der Waals surface area contributed by atoms with E-state index in [1.807, 2.05) is 12.3 Å². The molecule has 1 N–H and O–H groups in total. The van der Waals surface area contributed by atoms with Crippen LogP contribution in [0.1, 0.15) is 56.2 Å². The van der Waals surface area contributed by atoms with Gasteiger partial charge in [0.25, 0.3) is 0 Å². The van der Waals surface area contributed by atoms with E-state index in [0.29, 0.717) is 5.91 Å². The maximum absolute atomic E-state index is 13.0. The number of hydrogen-bond donors (Lipinski definition) is 1. The quantitative estimate of drug-likeness (QED) is 0.888. The minimum absolute atomic E-state index is 0.166. The summed E-state index contributed by atoms with van der Waals surface area (Å²) in [7, 11) is 0. The van der Waals surface area contributed by atoms with Crippen molar-refractivity contribution in [2.75, 3.05) is 26.2 Å². The van der Waals surface area contributed by atoms with Gasteiger partial charge < -0.3 is 10.0 Å². The third kappa shape index (κ3) is 3.90. The summed E-state index contributed by atoms with van der Waals surface area (Å²) in [6.45, 7) is 6.32. The Bertz CT molecular complexity index is 673. The molecule has 27 heavy (non-hydrogen) atoms. The standard InChI is InChI=1S/C22H33N3O2/c1-17-19(8-4-11-23-17)14-24-13-9-20(26)22(15-24)10-5-12-25(16-22)21(27)18-6-2-3-7-18/h4,8,11,18,20,26H,2-3,5-7,9-10,12-16H2,1H3/t20-,22-/m1/s1. The van der Waals surface area contributed by atoms with Crippen molar-refractivity contribution in [3.05, 3.63) is 29.6 Å². The Hall–Kier alpha value is -1.46. The number of aryl methyl sites for hydroxylation is 1. The van der Waals surface area contributed by atoms with E-state index in [-0.39, 0.29) is 17.4 Å². The van der Waals surface area contributed by atoms with E-state index >= 15 is 0 Å². The molecule has 3 aliphatic rings. The van der Waals surface area contributed by atoms with Gasteiger partial charge in [0.15, 0.2) is 0 Å². The van der Waals surface area contributed by atoms with Gasteiger partial charge in [-0.25, -0.2) is 0 Å². The van der Waals surface area contributed by atoms with Crippen LogP contribution in [0.15, 0.2) is 18.3 Å². The van der Waals surface area contributed by atoms with Crippen molar-refractivity contribution in [1.29, 1.82) is 0 Å². The fourth-order valence-electron chi connectivity index (χ4n) is 5.48. The Morgan fingerprint density at radius 1 is 1.22 bits per heavy atom. The highest BCUT2D eigenvalue weighted by atomic mass is 16.3. The average molecular weight is 372 g/mol. The molecule has 3 heterocycles. The topological polar surface area (TPSA) is 56.7 Å². The molecule has 2 aliphatic heterocycles. The lowest BCUT2D eigenvalue weighted by molar-refractivity contribution is -0.145. The van der Waals surface area contributed by atoms with E-state index in [4.69, 9.17) is 0 Å². The summed E-state index contributed by atoms with van der Waals surface area (Å²) < 4.78 is 0. The fourth-order valence-corrected chi connectivity index (χ4v) is 5.48. The van der Waals surface area contributed by atoms with Crippen molar-refractivity contribution < 1.29 is 9.90 Å². The van der Waals surface area contributed by atoms with Gasteiger partial charge in [0.1, 0.15) is 0 Å². The van der Waals surface area contributed by atoms with Gasteiger partial charge in [0.2, 0.25) is 5.91 Å². The molecule has 2 saturated heterocycles. The van der Waals surface area contributed by atoms with Gasteiger partial charge in [-0.3, -0.25) is 14.7 Å². The maximum atomic E-state index is 13.0. The number of likely N-dealkylation sites (tertiary alicyclic amines) is 2. The molecule has 148 valence electrons. The first-order chi connectivity index (χ1) is 13.1. The molecule has 1 saturated carbocycles. The van der Waals surface area contributed by atoms with Crippen LogP contribution in [0.4, 0.5) is 0 Å². The third-order valence-electron chi connectivity index (χ3n) is 7.10. The highest BCUT2D eigenvalue weighted by molar-refractivity contribution is 5.79. The van der Waals surface area contributed by atoms with Crippen LogP contribution in [0, 0.1) is 18.3 Å². The number of aromatic nitrogens is 1. The Morgan fingerprint density at radius 3 is 2.81 bits per heavy atom. The van der Waals surface area contributed by atoms with E-state index in [0.717, 1.165) is 70.5 Å². The molecule has 1 amide bonds. The van der Waals surface area contributed by atoms with Crippen LogP contribution in [-0.4, -0.2) is 58.1 Å². The Labute approximate surface area is 162 Å². The van der Waals surface area contributed by atoms with Crippen LogP contribution < -0.4 is 0 Å². The monoisotopic (exact) mass is 371 g/mol. The highest BCUT2D eigenvalue weighted by Gasteiger charge is 2.47. The minimum atomic E-state index is -0.303. The molecule has 4 rings (SSSR count). The van der Waals surface area contributed by atoms with Gasteiger partial charge in [-0.1, -0.05) is 18.9 Å². The molecule has 3 fully saturated rings. The Balaban J connectivity index is 1.46. The average Bonchev–Trinajstić information content (AvgIpc) is 3.21. The van der Waals surface area contributed by atoms with Gasteiger partial charge in [-0.05, 0) is 50.7 Å². The number of pyridine rings is 1. The van der Waals surface area contributed by atoms with E-state index in [2.05, 4.69) is 27.8 Å². The van der Waals surface area contributed by atoms with Gasteiger partial charge in [-0.15, -0.1) is 0 Å². The molecule has 0 aromatic carbocycles. The highest BCUT2D eigenvalue weighted by Crippen LogP contribution is 2.40. The molecule has 2 atom stereocenters. The summed E-state index contributed by atoms with van der Waals surface area (Å²) in [5.74, 6) is 0.578. The smallest absolute Gasteiger partial charge is 0.225 e. The number of aliphatic hydroxyl groups is 1. The predicted molar refractivity (Wildman–Crippen MR) is 105 cm³/mol. The van der Waals surface area contributed by atoms with Gasteiger partial charge >= 0.3 is 0 Å². The van der Waals surface area contributed by atoms with Crippen LogP contribution in [0.3, 0.4) is 0 Å². The van der Waals surface area contributed by atoms with Crippen molar-refractivity contribution in [3.8, 4) is 0 Å². The molecule has 1 spiro atoms. The summed E-state index contributed by atoms with van der Waals surface area (Å²) in [6.07, 6.45) is 8.85. The number of carbonyl (C=O) groups is 1. The Kier molecular flexibility index (Phi) is 5.51.